The number of nitrogens with one attached hydrogen (secondary N) is 1. The summed E-state index contributed by atoms with van der Waals surface area (Å²) in [5, 5.41) is 10.4. The fourth-order valence-corrected chi connectivity index (χ4v) is 0.955. The maximum atomic E-state index is 11.3. The highest BCUT2D eigenvalue weighted by atomic mass is 16.6. The fourth-order valence-electron chi connectivity index (χ4n) is 0.955. The first-order chi connectivity index (χ1) is 7.24. The number of carbonyl (C=O) groups is 2. The average molecular weight is 229 g/mol. The van der Waals surface area contributed by atoms with Crippen LogP contribution in [0.1, 0.15) is 27.2 Å². The maximum Gasteiger partial charge on any atom is 0.405 e. The third-order valence-electron chi connectivity index (χ3n) is 1.38. The molecule has 0 bridgehead atoms. The van der Waals surface area contributed by atoms with Gasteiger partial charge in [0, 0.05) is 6.08 Å². The highest BCUT2D eigenvalue weighted by Crippen LogP contribution is 2.09. The van der Waals surface area contributed by atoms with Crippen molar-refractivity contribution in [3.8, 4) is 0 Å². The quantitative estimate of drug-likeness (QED) is 0.548. The molecule has 2 N–H and O–H groups in total. The van der Waals surface area contributed by atoms with E-state index in [0.29, 0.717) is 0 Å². The SMILES string of the molecule is CC(C)(C)OC(=O)C[C@H](C=C=O)NC(=O)O. The summed E-state index contributed by atoms with van der Waals surface area (Å²) in [4.78, 5) is 31.8. The summed E-state index contributed by atoms with van der Waals surface area (Å²) in [6.45, 7) is 5.08. The van der Waals surface area contributed by atoms with Crippen molar-refractivity contribution in [1.82, 2.24) is 5.32 Å². The number of ether oxygens (including phenoxy) is 1. The Balaban J connectivity index is 4.34. The minimum atomic E-state index is -1.32. The minimum absolute atomic E-state index is 0.237. The summed E-state index contributed by atoms with van der Waals surface area (Å²) in [5.41, 5.74) is -0.643. The van der Waals surface area contributed by atoms with E-state index in [9.17, 15) is 14.4 Å². The normalized spacial score (nSPS) is 12.2. The van der Waals surface area contributed by atoms with Gasteiger partial charge in [0.2, 0.25) is 0 Å². The molecule has 0 aromatic rings. The molecular formula is C10H15NO5. The van der Waals surface area contributed by atoms with Crippen molar-refractivity contribution < 1.29 is 24.2 Å². The van der Waals surface area contributed by atoms with Gasteiger partial charge in [0.05, 0.1) is 12.5 Å². The van der Waals surface area contributed by atoms with E-state index in [1.165, 1.54) is 5.94 Å². The second kappa shape index (κ2) is 5.92. The molecule has 1 amide bonds. The lowest BCUT2D eigenvalue weighted by molar-refractivity contribution is -0.155. The van der Waals surface area contributed by atoms with Crippen LogP contribution in [-0.2, 0) is 14.3 Å². The molecule has 0 aromatic heterocycles. The van der Waals surface area contributed by atoms with Crippen LogP contribution in [0.2, 0.25) is 0 Å². The summed E-state index contributed by atoms with van der Waals surface area (Å²) < 4.78 is 4.97. The van der Waals surface area contributed by atoms with Crippen molar-refractivity contribution in [1.29, 1.82) is 0 Å². The van der Waals surface area contributed by atoms with Gasteiger partial charge in [-0.05, 0) is 20.8 Å². The molecule has 1 atom stereocenters. The van der Waals surface area contributed by atoms with Crippen LogP contribution in [0.25, 0.3) is 0 Å². The Labute approximate surface area is 93.3 Å². The molecule has 0 rings (SSSR count). The topological polar surface area (TPSA) is 92.7 Å². The van der Waals surface area contributed by atoms with E-state index in [1.54, 1.807) is 20.8 Å². The van der Waals surface area contributed by atoms with Gasteiger partial charge in [-0.1, -0.05) is 0 Å². The van der Waals surface area contributed by atoms with E-state index < -0.39 is 23.7 Å². The highest BCUT2D eigenvalue weighted by molar-refractivity contribution is 5.73. The second-order valence-corrected chi connectivity index (χ2v) is 4.13. The number of carbonyl (C=O) groups excluding carboxylic acids is 2. The molecule has 0 aliphatic heterocycles. The molecule has 0 spiro atoms. The largest absolute Gasteiger partial charge is 0.465 e. The predicted molar refractivity (Wildman–Crippen MR) is 55.7 cm³/mol. The first-order valence-electron chi connectivity index (χ1n) is 4.67. The predicted octanol–water partition coefficient (Wildman–Crippen LogP) is 0.742. The van der Waals surface area contributed by atoms with E-state index in [0.717, 1.165) is 6.08 Å². The van der Waals surface area contributed by atoms with Crippen LogP contribution in [0.3, 0.4) is 0 Å². The van der Waals surface area contributed by atoms with Crippen molar-refractivity contribution in [2.45, 2.75) is 38.8 Å². The number of carboxylic acid groups (broad SMARTS) is 1. The van der Waals surface area contributed by atoms with Crippen LogP contribution < -0.4 is 5.32 Å². The van der Waals surface area contributed by atoms with Crippen molar-refractivity contribution in [2.75, 3.05) is 0 Å². The van der Waals surface area contributed by atoms with Crippen LogP contribution >= 0.6 is 0 Å². The zero-order valence-electron chi connectivity index (χ0n) is 9.44. The monoisotopic (exact) mass is 229 g/mol. The van der Waals surface area contributed by atoms with Gasteiger partial charge >= 0.3 is 12.1 Å². The molecule has 0 fully saturated rings. The lowest BCUT2D eigenvalue weighted by Crippen LogP contribution is -2.36. The number of hydrogen-bond acceptors (Lipinski definition) is 4. The Morgan fingerprint density at radius 3 is 2.44 bits per heavy atom. The number of hydrogen-bond donors (Lipinski definition) is 2. The Kier molecular flexibility index (Phi) is 5.25. The molecule has 16 heavy (non-hydrogen) atoms. The van der Waals surface area contributed by atoms with Gasteiger partial charge in [0.15, 0.2) is 0 Å². The first kappa shape index (κ1) is 14.2. The van der Waals surface area contributed by atoms with Crippen LogP contribution in [0.5, 0.6) is 0 Å². The number of esters is 1. The van der Waals surface area contributed by atoms with E-state index in [1.807, 2.05) is 5.32 Å². The molecular weight excluding hydrogens is 214 g/mol. The molecule has 0 radical (unpaired) electrons. The van der Waals surface area contributed by atoms with Crippen LogP contribution in [0, 0.1) is 0 Å². The Hall–Kier alpha value is -1.81. The first-order valence-corrected chi connectivity index (χ1v) is 4.67. The zero-order valence-corrected chi connectivity index (χ0v) is 9.44. The molecule has 0 aliphatic carbocycles. The summed E-state index contributed by atoms with van der Waals surface area (Å²) in [6.07, 6.45) is -0.628. The molecule has 0 unspecified atom stereocenters. The van der Waals surface area contributed by atoms with E-state index in [4.69, 9.17) is 9.84 Å². The van der Waals surface area contributed by atoms with Crippen molar-refractivity contribution in [2.24, 2.45) is 0 Å². The third kappa shape index (κ3) is 7.58. The molecule has 6 nitrogen and oxygen atoms in total. The van der Waals surface area contributed by atoms with E-state index >= 15 is 0 Å². The van der Waals surface area contributed by atoms with Crippen LogP contribution in [0.4, 0.5) is 4.79 Å². The van der Waals surface area contributed by atoms with Gasteiger partial charge in [-0.25, -0.2) is 9.59 Å². The summed E-state index contributed by atoms with van der Waals surface area (Å²) in [5.74, 6) is 0.847. The van der Waals surface area contributed by atoms with E-state index in [2.05, 4.69) is 0 Å². The lowest BCUT2D eigenvalue weighted by Gasteiger charge is -2.20. The smallest absolute Gasteiger partial charge is 0.405 e. The molecule has 90 valence electrons. The van der Waals surface area contributed by atoms with Gasteiger partial charge in [-0.15, -0.1) is 0 Å². The van der Waals surface area contributed by atoms with Gasteiger partial charge in [-0.2, -0.15) is 0 Å². The lowest BCUT2D eigenvalue weighted by atomic mass is 10.1. The van der Waals surface area contributed by atoms with Gasteiger partial charge in [0.25, 0.3) is 0 Å². The minimum Gasteiger partial charge on any atom is -0.465 e. The number of amides is 1. The van der Waals surface area contributed by atoms with E-state index in [-0.39, 0.29) is 6.42 Å². The van der Waals surface area contributed by atoms with Crippen molar-refractivity contribution >= 4 is 18.0 Å². The zero-order chi connectivity index (χ0) is 12.8. The molecule has 0 aromatic carbocycles. The molecule has 0 heterocycles. The van der Waals surface area contributed by atoms with Crippen molar-refractivity contribution in [3.63, 3.8) is 0 Å². The molecule has 0 aliphatic rings. The maximum absolute atomic E-state index is 11.3. The summed E-state index contributed by atoms with van der Waals surface area (Å²) >= 11 is 0. The molecule has 0 saturated carbocycles. The fraction of sp³-hybridized carbons (Fsp3) is 0.600. The number of rotatable bonds is 4. The third-order valence-corrected chi connectivity index (χ3v) is 1.38. The molecule has 0 saturated heterocycles. The average Bonchev–Trinajstić information content (AvgIpc) is 1.98. The Morgan fingerprint density at radius 1 is 1.50 bits per heavy atom. The van der Waals surface area contributed by atoms with Gasteiger partial charge in [0.1, 0.15) is 11.5 Å². The second-order valence-electron chi connectivity index (χ2n) is 4.13. The summed E-state index contributed by atoms with van der Waals surface area (Å²) in [6, 6.07) is -0.912. The van der Waals surface area contributed by atoms with Gasteiger partial charge < -0.3 is 15.2 Å². The van der Waals surface area contributed by atoms with Crippen LogP contribution in [0.15, 0.2) is 6.08 Å². The Bertz CT molecular complexity index is 312. The summed E-state index contributed by atoms with van der Waals surface area (Å²) in [7, 11) is 0. The highest BCUT2D eigenvalue weighted by Gasteiger charge is 2.20. The standard InChI is InChI=1S/C10H15NO5/c1-10(2,3)16-8(13)6-7(4-5-12)11-9(14)15/h4,7,11H,6H2,1-3H3,(H,14,15)/t7-/m0/s1. The van der Waals surface area contributed by atoms with Crippen molar-refractivity contribution in [3.05, 3.63) is 6.08 Å². The Morgan fingerprint density at radius 2 is 2.06 bits per heavy atom. The van der Waals surface area contributed by atoms with Crippen LogP contribution in [-0.4, -0.2) is 34.8 Å². The van der Waals surface area contributed by atoms with Gasteiger partial charge in [-0.3, -0.25) is 4.79 Å². The molecule has 6 heteroatoms.